The van der Waals surface area contributed by atoms with Crippen molar-refractivity contribution in [3.8, 4) is 22.3 Å². The zero-order chi connectivity index (χ0) is 38.9. The Morgan fingerprint density at radius 2 is 1.07 bits per heavy atom. The van der Waals surface area contributed by atoms with Crippen molar-refractivity contribution in [3.63, 3.8) is 0 Å². The lowest BCUT2D eigenvalue weighted by Gasteiger charge is -2.08. The van der Waals surface area contributed by atoms with E-state index in [2.05, 4.69) is 25.3 Å². The number of aromatic nitrogens is 4. The maximum absolute atomic E-state index is 12.4. The fraction of sp³-hybridized carbons (Fsp3) is 0. The number of amides is 3. The number of benzene rings is 2. The summed E-state index contributed by atoms with van der Waals surface area (Å²) in [6, 6.07) is 24.8. The molecule has 8 rings (SSSR count). The van der Waals surface area contributed by atoms with E-state index in [1.54, 1.807) is 55.4 Å². The van der Waals surface area contributed by atoms with Crippen LogP contribution in [0.15, 0.2) is 135 Å². The molecule has 13 nitrogen and oxygen atoms in total. The van der Waals surface area contributed by atoms with Crippen LogP contribution in [0.5, 0.6) is 0 Å². The zero-order valence-electron chi connectivity index (χ0n) is 28.6. The van der Waals surface area contributed by atoms with E-state index in [1.165, 1.54) is 47.2 Å². The first-order valence-corrected chi connectivity index (χ1v) is 17.9. The summed E-state index contributed by atoms with van der Waals surface area (Å²) >= 11 is 2.66. The van der Waals surface area contributed by atoms with E-state index >= 15 is 0 Å². The third-order valence-corrected chi connectivity index (χ3v) is 10.0. The predicted molar refractivity (Wildman–Crippen MR) is 215 cm³/mol. The third-order valence-electron chi connectivity index (χ3n) is 7.88. The average molecular weight is 767 g/mol. The van der Waals surface area contributed by atoms with Gasteiger partial charge in [-0.1, -0.05) is 24.3 Å². The summed E-state index contributed by atoms with van der Waals surface area (Å²) in [5, 5.41) is 13.1. The van der Waals surface area contributed by atoms with E-state index in [-0.39, 0.29) is 11.5 Å². The molecule has 55 heavy (non-hydrogen) atoms. The molecule has 15 heteroatoms. The fourth-order valence-corrected chi connectivity index (χ4v) is 7.11. The summed E-state index contributed by atoms with van der Waals surface area (Å²) < 4.78 is 1.82. The van der Waals surface area contributed by atoms with Crippen LogP contribution in [0.4, 0.5) is 11.4 Å². The number of carboxylic acids is 1. The van der Waals surface area contributed by atoms with Crippen molar-refractivity contribution < 1.29 is 24.3 Å². The number of pyridine rings is 4. The van der Waals surface area contributed by atoms with Crippen LogP contribution >= 0.6 is 22.7 Å². The molecule has 6 aromatic heterocycles. The second-order valence-corrected chi connectivity index (χ2v) is 13.8. The summed E-state index contributed by atoms with van der Waals surface area (Å²) in [6.07, 6.45) is 13.0. The van der Waals surface area contributed by atoms with Gasteiger partial charge in [-0.2, -0.15) is 0 Å². The van der Waals surface area contributed by atoms with E-state index in [0.717, 1.165) is 42.4 Å². The maximum Gasteiger partial charge on any atom is 0.335 e. The van der Waals surface area contributed by atoms with Gasteiger partial charge in [0, 0.05) is 88.4 Å². The Labute approximate surface area is 321 Å². The summed E-state index contributed by atoms with van der Waals surface area (Å²) in [5.74, 6) is -2.00. The Morgan fingerprint density at radius 1 is 0.582 bits per heavy atom. The van der Waals surface area contributed by atoms with Gasteiger partial charge in [0.25, 0.3) is 17.7 Å². The molecule has 2 aromatic carbocycles. The number of hydrogen-bond donors (Lipinski definition) is 5. The van der Waals surface area contributed by atoms with Crippen molar-refractivity contribution in [2.75, 3.05) is 11.1 Å². The molecule has 3 amide bonds. The van der Waals surface area contributed by atoms with Crippen molar-refractivity contribution in [3.05, 3.63) is 155 Å². The minimum atomic E-state index is -0.919. The predicted octanol–water partition coefficient (Wildman–Crippen LogP) is 7.13. The molecule has 0 radical (unpaired) electrons. The lowest BCUT2D eigenvalue weighted by atomic mass is 10.0. The highest BCUT2D eigenvalue weighted by Gasteiger charge is 2.14. The number of anilines is 2. The standard InChI is InChI=1S/C20H14N4O2S.C14H11N3OS.C6H5NO2/c21-19(25)17-9-15-16(10-23-11-18(15)27-17)13-2-1-3-14(8-13)24-20(26)12-4-6-22-7-5-12;15-9-3-1-2-8(4-9)11-6-17-7-13-10(11)5-12(19-13)14(16)18;8-6(9)5-1-3-7-4-2-5/h1-11H,(H2,21,25)(H,24,26);1-7H,15H2,(H2,16,18);1-4H,(H,8,9). The topological polar surface area (TPSA) is 230 Å². The minimum Gasteiger partial charge on any atom is -0.478 e. The SMILES string of the molecule is NC(=O)c1cc2c(-c3cccc(N)c3)cncc2s1.NC(=O)c1cc2c(-c3cccc(NC(=O)c4ccncc4)c3)cncc2s1.O=C(O)c1ccncc1. The first kappa shape index (κ1) is 37.4. The highest BCUT2D eigenvalue weighted by atomic mass is 32.1. The molecule has 0 bridgehead atoms. The zero-order valence-corrected chi connectivity index (χ0v) is 30.3. The monoisotopic (exact) mass is 766 g/mol. The molecule has 0 aliphatic rings. The van der Waals surface area contributed by atoms with Gasteiger partial charge in [-0.3, -0.25) is 34.3 Å². The van der Waals surface area contributed by atoms with Crippen LogP contribution in [0.25, 0.3) is 42.4 Å². The second kappa shape index (κ2) is 17.0. The molecular formula is C40H30N8O5S2. The number of primary amides is 2. The Kier molecular flexibility index (Phi) is 11.5. The molecule has 8 aromatic rings. The highest BCUT2D eigenvalue weighted by molar-refractivity contribution is 7.21. The molecule has 0 saturated carbocycles. The molecule has 8 N–H and O–H groups in total. The number of nitrogens with one attached hydrogen (secondary N) is 1. The van der Waals surface area contributed by atoms with Crippen LogP contribution in [0.3, 0.4) is 0 Å². The second-order valence-electron chi connectivity index (χ2n) is 11.6. The number of aromatic carboxylic acids is 1. The summed E-state index contributed by atoms with van der Waals surface area (Å²) in [4.78, 5) is 62.4. The number of fused-ring (bicyclic) bond motifs is 2. The Bertz CT molecular complexity index is 2670. The average Bonchev–Trinajstić information content (AvgIpc) is 3.85. The minimum absolute atomic E-state index is 0.211. The fourth-order valence-electron chi connectivity index (χ4n) is 5.30. The molecule has 0 fully saturated rings. The van der Waals surface area contributed by atoms with E-state index in [9.17, 15) is 19.2 Å². The van der Waals surface area contributed by atoms with Crippen LogP contribution in [0, 0.1) is 0 Å². The van der Waals surface area contributed by atoms with Gasteiger partial charge in [-0.25, -0.2) is 4.79 Å². The molecule has 0 atom stereocenters. The number of carbonyl (C=O) groups is 4. The van der Waals surface area contributed by atoms with Crippen LogP contribution in [0.2, 0.25) is 0 Å². The van der Waals surface area contributed by atoms with E-state index < -0.39 is 17.8 Å². The van der Waals surface area contributed by atoms with Gasteiger partial charge >= 0.3 is 5.97 Å². The van der Waals surface area contributed by atoms with Crippen molar-refractivity contribution in [1.29, 1.82) is 0 Å². The van der Waals surface area contributed by atoms with Gasteiger partial charge in [0.2, 0.25) is 0 Å². The van der Waals surface area contributed by atoms with Crippen molar-refractivity contribution in [2.45, 2.75) is 0 Å². The molecule has 0 aliphatic carbocycles. The largest absolute Gasteiger partial charge is 0.478 e. The van der Waals surface area contributed by atoms with E-state index in [0.29, 0.717) is 26.7 Å². The first-order chi connectivity index (χ1) is 26.6. The number of thiophene rings is 2. The molecule has 0 spiro atoms. The van der Waals surface area contributed by atoms with Crippen molar-refractivity contribution in [1.82, 2.24) is 19.9 Å². The quantitative estimate of drug-likeness (QED) is 0.103. The number of hydrogen-bond acceptors (Lipinski definition) is 11. The van der Waals surface area contributed by atoms with Crippen LogP contribution in [-0.4, -0.2) is 48.7 Å². The van der Waals surface area contributed by atoms with Crippen LogP contribution < -0.4 is 22.5 Å². The van der Waals surface area contributed by atoms with Crippen molar-refractivity contribution >= 4 is 77.9 Å². The van der Waals surface area contributed by atoms with Gasteiger partial charge in [0.05, 0.1) is 24.7 Å². The Morgan fingerprint density at radius 3 is 1.55 bits per heavy atom. The summed E-state index contributed by atoms with van der Waals surface area (Å²) in [5.41, 5.74) is 22.4. The van der Waals surface area contributed by atoms with E-state index in [4.69, 9.17) is 22.3 Å². The first-order valence-electron chi connectivity index (χ1n) is 16.2. The third kappa shape index (κ3) is 9.18. The number of nitrogens with two attached hydrogens (primary N) is 3. The highest BCUT2D eigenvalue weighted by Crippen LogP contribution is 2.35. The Balaban J connectivity index is 0.000000159. The lowest BCUT2D eigenvalue weighted by molar-refractivity contribution is 0.0696. The van der Waals surface area contributed by atoms with Gasteiger partial charge in [0.1, 0.15) is 0 Å². The molecule has 272 valence electrons. The number of carbonyl (C=O) groups excluding carboxylic acids is 3. The normalized spacial score (nSPS) is 10.4. The number of nitrogens with zero attached hydrogens (tertiary/aromatic N) is 4. The van der Waals surface area contributed by atoms with Gasteiger partial charge in [-0.05, 0) is 71.8 Å². The lowest BCUT2D eigenvalue weighted by Crippen LogP contribution is -2.11. The van der Waals surface area contributed by atoms with E-state index in [1.807, 2.05) is 54.6 Å². The molecular weight excluding hydrogens is 737 g/mol. The summed E-state index contributed by atoms with van der Waals surface area (Å²) in [6.45, 7) is 0. The number of rotatable bonds is 7. The number of carboxylic acid groups (broad SMARTS) is 1. The summed E-state index contributed by atoms with van der Waals surface area (Å²) in [7, 11) is 0. The molecule has 0 saturated heterocycles. The number of nitrogen functional groups attached to an aromatic ring is 1. The van der Waals surface area contributed by atoms with Gasteiger partial charge < -0.3 is 27.6 Å². The van der Waals surface area contributed by atoms with Gasteiger partial charge in [0.15, 0.2) is 0 Å². The van der Waals surface area contributed by atoms with Gasteiger partial charge in [-0.15, -0.1) is 22.7 Å². The molecule has 0 aliphatic heterocycles. The van der Waals surface area contributed by atoms with Crippen LogP contribution in [0.1, 0.15) is 40.1 Å². The van der Waals surface area contributed by atoms with Crippen molar-refractivity contribution in [2.24, 2.45) is 11.5 Å². The molecule has 0 unspecified atom stereocenters. The maximum atomic E-state index is 12.4. The van der Waals surface area contributed by atoms with Crippen LogP contribution in [-0.2, 0) is 0 Å². The smallest absolute Gasteiger partial charge is 0.335 e. The Hall–Kier alpha value is -7.36. The molecule has 6 heterocycles.